The van der Waals surface area contributed by atoms with Crippen LogP contribution >= 0.6 is 0 Å². The first-order chi connectivity index (χ1) is 3.18. The Morgan fingerprint density at radius 1 is 1.71 bits per heavy atom. The SMILES string of the molecule is CO/C([O-])=C(/C)N. The average molecular weight is 102 g/mol. The Balaban J connectivity index is 3.72. The van der Waals surface area contributed by atoms with Crippen molar-refractivity contribution in [2.45, 2.75) is 6.92 Å². The Morgan fingerprint density at radius 3 is 2.14 bits per heavy atom. The molecular formula is C4H8NO2-. The molecule has 0 rings (SSSR count). The zero-order chi connectivity index (χ0) is 5.86. The van der Waals surface area contributed by atoms with E-state index in [4.69, 9.17) is 5.73 Å². The number of nitrogens with two attached hydrogens (primary N) is 1. The van der Waals surface area contributed by atoms with Crippen LogP contribution in [-0.2, 0) is 4.74 Å². The molecule has 0 atom stereocenters. The molecule has 0 heterocycles. The van der Waals surface area contributed by atoms with Gasteiger partial charge < -0.3 is 15.6 Å². The van der Waals surface area contributed by atoms with E-state index >= 15 is 0 Å². The zero-order valence-corrected chi connectivity index (χ0v) is 4.39. The molecule has 0 saturated carbocycles. The van der Waals surface area contributed by atoms with E-state index in [9.17, 15) is 5.11 Å². The van der Waals surface area contributed by atoms with Crippen LogP contribution in [0.4, 0.5) is 0 Å². The van der Waals surface area contributed by atoms with Crippen molar-refractivity contribution in [2.75, 3.05) is 7.11 Å². The topological polar surface area (TPSA) is 58.3 Å². The number of hydrogen-bond donors (Lipinski definition) is 1. The van der Waals surface area contributed by atoms with Gasteiger partial charge in [0, 0.05) is 5.70 Å². The molecule has 3 heteroatoms. The standard InChI is InChI=1S/C4H9NO2/c1-3(5)4(6)7-2/h6H,5H2,1-2H3/p-1/b4-3-. The Kier molecular flexibility index (Phi) is 2.05. The van der Waals surface area contributed by atoms with Crippen molar-refractivity contribution in [3.8, 4) is 0 Å². The minimum absolute atomic E-state index is 0.183. The highest BCUT2D eigenvalue weighted by Crippen LogP contribution is 1.85. The van der Waals surface area contributed by atoms with E-state index in [-0.39, 0.29) is 5.70 Å². The third kappa shape index (κ3) is 1.92. The molecule has 0 aliphatic carbocycles. The Bertz CT molecular complexity index is 83.7. The van der Waals surface area contributed by atoms with Crippen LogP contribution in [0.25, 0.3) is 0 Å². The van der Waals surface area contributed by atoms with Crippen molar-refractivity contribution in [2.24, 2.45) is 5.73 Å². The first kappa shape index (κ1) is 6.14. The molecule has 0 spiro atoms. The number of rotatable bonds is 1. The molecule has 0 amide bonds. The van der Waals surface area contributed by atoms with E-state index in [1.807, 2.05) is 0 Å². The van der Waals surface area contributed by atoms with Crippen LogP contribution in [-0.4, -0.2) is 7.11 Å². The van der Waals surface area contributed by atoms with Gasteiger partial charge in [-0.25, -0.2) is 0 Å². The molecule has 0 aromatic heterocycles. The molecule has 3 nitrogen and oxygen atoms in total. The van der Waals surface area contributed by atoms with Gasteiger partial charge in [0.1, 0.15) is 0 Å². The zero-order valence-electron chi connectivity index (χ0n) is 4.39. The molecule has 0 bridgehead atoms. The highest BCUT2D eigenvalue weighted by atomic mass is 16.6. The van der Waals surface area contributed by atoms with Gasteiger partial charge in [0.25, 0.3) is 0 Å². The number of ether oxygens (including phenoxy) is 1. The lowest BCUT2D eigenvalue weighted by atomic mass is 10.6. The molecule has 0 fully saturated rings. The molecule has 7 heavy (non-hydrogen) atoms. The fourth-order valence-corrected chi connectivity index (χ4v) is 0.161. The summed E-state index contributed by atoms with van der Waals surface area (Å²) in [6.07, 6.45) is 0. The molecule has 0 radical (unpaired) electrons. The summed E-state index contributed by atoms with van der Waals surface area (Å²) in [5.74, 6) is -0.458. The van der Waals surface area contributed by atoms with Gasteiger partial charge in [-0.1, -0.05) is 0 Å². The highest BCUT2D eigenvalue weighted by Gasteiger charge is 1.76. The minimum atomic E-state index is -0.458. The van der Waals surface area contributed by atoms with Crippen LogP contribution in [0, 0.1) is 0 Å². The Labute approximate surface area is 42.4 Å². The van der Waals surface area contributed by atoms with E-state index in [1.165, 1.54) is 14.0 Å². The van der Waals surface area contributed by atoms with Crippen molar-refractivity contribution in [3.63, 3.8) is 0 Å². The van der Waals surface area contributed by atoms with Crippen molar-refractivity contribution in [3.05, 3.63) is 11.6 Å². The van der Waals surface area contributed by atoms with Crippen LogP contribution in [0.5, 0.6) is 0 Å². The quantitative estimate of drug-likeness (QED) is 0.438. The molecule has 0 aliphatic heterocycles. The van der Waals surface area contributed by atoms with E-state index < -0.39 is 5.95 Å². The van der Waals surface area contributed by atoms with Gasteiger partial charge in [0.05, 0.1) is 5.95 Å². The maximum atomic E-state index is 10.1. The van der Waals surface area contributed by atoms with E-state index in [2.05, 4.69) is 4.74 Å². The van der Waals surface area contributed by atoms with Gasteiger partial charge in [-0.3, -0.25) is 0 Å². The highest BCUT2D eigenvalue weighted by molar-refractivity contribution is 4.89. The van der Waals surface area contributed by atoms with Gasteiger partial charge in [-0.05, 0) is 14.0 Å². The Morgan fingerprint density at radius 2 is 2.14 bits per heavy atom. The number of hydrogen-bond acceptors (Lipinski definition) is 3. The first-order valence-electron chi connectivity index (χ1n) is 1.86. The molecule has 42 valence electrons. The van der Waals surface area contributed by atoms with Crippen LogP contribution in [0.15, 0.2) is 11.6 Å². The predicted octanol–water partition coefficient (Wildman–Crippen LogP) is -0.859. The smallest absolute Gasteiger partial charge is 0.0700 e. The average Bonchev–Trinajstić information content (AvgIpc) is 1.65. The van der Waals surface area contributed by atoms with Crippen molar-refractivity contribution in [1.82, 2.24) is 0 Å². The minimum Gasteiger partial charge on any atom is -0.615 e. The summed E-state index contributed by atoms with van der Waals surface area (Å²) >= 11 is 0. The summed E-state index contributed by atoms with van der Waals surface area (Å²) in [6, 6.07) is 0. The molecule has 0 aromatic rings. The molecule has 0 saturated heterocycles. The molecule has 2 N–H and O–H groups in total. The number of allylic oxidation sites excluding steroid dienone is 1. The van der Waals surface area contributed by atoms with Crippen molar-refractivity contribution >= 4 is 0 Å². The molecular weight excluding hydrogens is 94.0 g/mol. The Hall–Kier alpha value is -0.860. The van der Waals surface area contributed by atoms with Crippen molar-refractivity contribution in [1.29, 1.82) is 0 Å². The summed E-state index contributed by atoms with van der Waals surface area (Å²) in [5, 5.41) is 10.1. The fraction of sp³-hybridized carbons (Fsp3) is 0.500. The molecule has 0 unspecified atom stereocenters. The van der Waals surface area contributed by atoms with Gasteiger partial charge in [-0.2, -0.15) is 0 Å². The predicted molar refractivity (Wildman–Crippen MR) is 23.9 cm³/mol. The lowest BCUT2D eigenvalue weighted by Gasteiger charge is -2.08. The number of methoxy groups -OCH3 is 1. The van der Waals surface area contributed by atoms with Gasteiger partial charge in [0.15, 0.2) is 0 Å². The van der Waals surface area contributed by atoms with Gasteiger partial charge in [-0.15, -0.1) is 0 Å². The van der Waals surface area contributed by atoms with Crippen LogP contribution < -0.4 is 10.8 Å². The normalized spacial score (nSPS) is 12.9. The third-order valence-corrected chi connectivity index (χ3v) is 0.507. The van der Waals surface area contributed by atoms with Crippen LogP contribution in [0.3, 0.4) is 0 Å². The summed E-state index contributed by atoms with van der Waals surface area (Å²) in [5.41, 5.74) is 5.17. The lowest BCUT2D eigenvalue weighted by Crippen LogP contribution is -2.12. The fourth-order valence-electron chi connectivity index (χ4n) is 0.161. The molecule has 0 aromatic carbocycles. The third-order valence-electron chi connectivity index (χ3n) is 0.507. The summed E-state index contributed by atoms with van der Waals surface area (Å²) in [7, 11) is 1.29. The maximum Gasteiger partial charge on any atom is 0.0700 e. The van der Waals surface area contributed by atoms with Gasteiger partial charge >= 0.3 is 0 Å². The van der Waals surface area contributed by atoms with Crippen LogP contribution in [0.2, 0.25) is 0 Å². The second kappa shape index (κ2) is 2.34. The van der Waals surface area contributed by atoms with E-state index in [0.717, 1.165) is 0 Å². The second-order valence-electron chi connectivity index (χ2n) is 1.17. The summed E-state index contributed by atoms with van der Waals surface area (Å²) in [6.45, 7) is 1.49. The van der Waals surface area contributed by atoms with E-state index in [1.54, 1.807) is 0 Å². The van der Waals surface area contributed by atoms with Crippen LogP contribution in [0.1, 0.15) is 6.92 Å². The summed E-state index contributed by atoms with van der Waals surface area (Å²) < 4.78 is 4.21. The van der Waals surface area contributed by atoms with Crippen molar-refractivity contribution < 1.29 is 9.84 Å². The largest absolute Gasteiger partial charge is 0.615 e. The van der Waals surface area contributed by atoms with E-state index in [0.29, 0.717) is 0 Å². The lowest BCUT2D eigenvalue weighted by molar-refractivity contribution is -0.355. The van der Waals surface area contributed by atoms with Gasteiger partial charge in [0.2, 0.25) is 0 Å². The monoisotopic (exact) mass is 102 g/mol. The summed E-state index contributed by atoms with van der Waals surface area (Å²) in [4.78, 5) is 0. The molecule has 0 aliphatic rings. The second-order valence-corrected chi connectivity index (χ2v) is 1.17. The first-order valence-corrected chi connectivity index (χ1v) is 1.86. The maximum absolute atomic E-state index is 10.1.